The van der Waals surface area contributed by atoms with E-state index >= 15 is 0 Å². The minimum absolute atomic E-state index is 1.10. The predicted octanol–water partition coefficient (Wildman–Crippen LogP) is 17.3. The smallest absolute Gasteiger partial charge is 0.0896 e. The molecule has 15 aromatic rings. The Morgan fingerprint density at radius 1 is 0.230 bits per heavy atom. The molecule has 15 rings (SSSR count). The van der Waals surface area contributed by atoms with Crippen LogP contribution in [-0.4, -0.2) is 4.98 Å². The third-order valence-corrected chi connectivity index (χ3v) is 14.9. The van der Waals surface area contributed by atoms with Crippen LogP contribution in [0.5, 0.6) is 0 Å². The SMILES string of the molecule is c1ccc2c(c1)ccc1c2ccc2ccc3c(ccc4ccc5c(ccc6ccc7c(ccc8ccc9c(ccc%10ccc%11c(ccc%12ccc%13scnc%13c%12%11)c%109)c87)c65)c43)c21. The molecule has 0 spiro atoms. The van der Waals surface area contributed by atoms with Gasteiger partial charge in [0.15, 0.2) is 0 Å². The van der Waals surface area contributed by atoms with Crippen molar-refractivity contribution in [1.82, 2.24) is 4.98 Å². The van der Waals surface area contributed by atoms with Crippen molar-refractivity contribution >= 4 is 162 Å². The van der Waals surface area contributed by atoms with Gasteiger partial charge in [-0.1, -0.05) is 176 Å². The van der Waals surface area contributed by atoms with E-state index in [9.17, 15) is 0 Å². The van der Waals surface area contributed by atoms with Crippen molar-refractivity contribution in [1.29, 1.82) is 0 Å². The largest absolute Gasteiger partial charge is 0.244 e. The molecule has 0 aliphatic carbocycles. The molecule has 0 N–H and O–H groups in total. The first-order valence-electron chi connectivity index (χ1n) is 21.1. The second kappa shape index (κ2) is 11.5. The van der Waals surface area contributed by atoms with Gasteiger partial charge in [-0.15, -0.1) is 11.3 Å². The lowest BCUT2D eigenvalue weighted by molar-refractivity contribution is 1.52. The zero-order valence-electron chi connectivity index (χ0n) is 32.8. The fraction of sp³-hybridized carbons (Fsp3) is 0. The van der Waals surface area contributed by atoms with E-state index in [0.29, 0.717) is 0 Å². The van der Waals surface area contributed by atoms with Gasteiger partial charge in [-0.05, 0) is 141 Å². The first kappa shape index (κ1) is 32.2. The number of hydrogen-bond acceptors (Lipinski definition) is 2. The molecular weight excluding hydrogens is 755 g/mol. The van der Waals surface area contributed by atoms with Gasteiger partial charge in [0.1, 0.15) is 0 Å². The molecule has 0 radical (unpaired) electrons. The first-order chi connectivity index (χ1) is 30.2. The summed E-state index contributed by atoms with van der Waals surface area (Å²) in [5, 5.41) is 33.5. The van der Waals surface area contributed by atoms with Gasteiger partial charge < -0.3 is 0 Å². The molecule has 0 unspecified atom stereocenters. The Morgan fingerprint density at radius 2 is 0.525 bits per heavy atom. The van der Waals surface area contributed by atoms with Crippen LogP contribution in [0.2, 0.25) is 0 Å². The van der Waals surface area contributed by atoms with Crippen LogP contribution in [0.3, 0.4) is 0 Å². The minimum atomic E-state index is 1.10. The highest BCUT2D eigenvalue weighted by atomic mass is 32.1. The molecule has 0 aliphatic heterocycles. The van der Waals surface area contributed by atoms with Crippen LogP contribution in [0.15, 0.2) is 188 Å². The number of rotatable bonds is 0. The summed E-state index contributed by atoms with van der Waals surface area (Å²) in [5.74, 6) is 0. The van der Waals surface area contributed by atoms with Crippen molar-refractivity contribution in [3.8, 4) is 0 Å². The molecule has 2 heteroatoms. The summed E-state index contributed by atoms with van der Waals surface area (Å²) in [4.78, 5) is 4.84. The average molecular weight is 786 g/mol. The van der Waals surface area contributed by atoms with Crippen molar-refractivity contribution in [2.45, 2.75) is 0 Å². The van der Waals surface area contributed by atoms with E-state index in [1.54, 1.807) is 11.3 Å². The summed E-state index contributed by atoms with van der Waals surface area (Å²) in [6.07, 6.45) is 0. The Labute approximate surface area is 352 Å². The number of nitrogens with zero attached hydrogens (tertiary/aromatic N) is 1. The van der Waals surface area contributed by atoms with E-state index in [1.165, 1.54) is 145 Å². The maximum atomic E-state index is 4.84. The molecule has 0 saturated carbocycles. The van der Waals surface area contributed by atoms with Gasteiger partial charge >= 0.3 is 0 Å². The van der Waals surface area contributed by atoms with Gasteiger partial charge in [-0.25, -0.2) is 4.98 Å². The molecule has 0 aliphatic rings. The summed E-state index contributed by atoms with van der Waals surface area (Å²) < 4.78 is 1.23. The van der Waals surface area contributed by atoms with Gasteiger partial charge in [0.25, 0.3) is 0 Å². The van der Waals surface area contributed by atoms with Crippen LogP contribution in [0.25, 0.3) is 150 Å². The topological polar surface area (TPSA) is 12.9 Å². The van der Waals surface area contributed by atoms with E-state index in [-0.39, 0.29) is 0 Å². The Morgan fingerprint density at radius 3 is 0.934 bits per heavy atom. The van der Waals surface area contributed by atoms with E-state index in [0.717, 1.165) is 5.52 Å². The lowest BCUT2D eigenvalue weighted by Crippen LogP contribution is -1.88. The molecule has 278 valence electrons. The van der Waals surface area contributed by atoms with E-state index in [2.05, 4.69) is 182 Å². The van der Waals surface area contributed by atoms with Crippen LogP contribution in [0, 0.1) is 0 Å². The third kappa shape index (κ3) is 4.17. The van der Waals surface area contributed by atoms with E-state index in [1.807, 2.05) is 5.51 Å². The highest BCUT2D eigenvalue weighted by molar-refractivity contribution is 7.16. The highest BCUT2D eigenvalue weighted by Gasteiger charge is 2.17. The van der Waals surface area contributed by atoms with Crippen molar-refractivity contribution in [3.05, 3.63) is 188 Å². The molecule has 0 atom stereocenters. The Kier molecular flexibility index (Phi) is 6.10. The Bertz CT molecular complexity index is 4520. The van der Waals surface area contributed by atoms with Crippen molar-refractivity contribution < 1.29 is 0 Å². The summed E-state index contributed by atoms with van der Waals surface area (Å²) in [5.41, 5.74) is 3.07. The monoisotopic (exact) mass is 785 g/mol. The lowest BCUT2D eigenvalue weighted by Gasteiger charge is -2.16. The molecule has 1 heterocycles. The number of benzene rings is 14. The number of aromatic nitrogens is 1. The summed E-state index contributed by atoms with van der Waals surface area (Å²) in [6, 6.07) is 69.2. The normalized spacial score (nSPS) is 12.6. The van der Waals surface area contributed by atoms with Crippen LogP contribution in [-0.2, 0) is 0 Å². The van der Waals surface area contributed by atoms with Crippen molar-refractivity contribution in [2.24, 2.45) is 0 Å². The standard InChI is InChI=1S/C59H31NS/c1-2-4-39-32(3-1)5-19-41-40(39)18-6-33-7-21-43-42(53(33)41)20-8-34-9-23-45-44(54(34)43)22-10-35-11-25-47-46(55(35)45)24-12-36-13-27-49-48(56(36)47)26-14-37-15-29-51-50(57(37)49)28-16-38-17-30-52-59(58(38)51)60-31-61-52/h1-31H. The maximum absolute atomic E-state index is 4.84. The van der Waals surface area contributed by atoms with Crippen molar-refractivity contribution in [2.75, 3.05) is 0 Å². The molecule has 0 bridgehead atoms. The fourth-order valence-electron chi connectivity index (χ4n) is 11.4. The Hall–Kier alpha value is -7.65. The molecule has 0 amide bonds. The maximum Gasteiger partial charge on any atom is 0.0896 e. The quantitative estimate of drug-likeness (QED) is 0.140. The zero-order chi connectivity index (χ0) is 39.5. The Balaban J connectivity index is 1.03. The molecule has 0 fully saturated rings. The predicted molar refractivity (Wildman–Crippen MR) is 267 cm³/mol. The zero-order valence-corrected chi connectivity index (χ0v) is 33.6. The summed E-state index contributed by atoms with van der Waals surface area (Å²) >= 11 is 1.71. The van der Waals surface area contributed by atoms with Gasteiger partial charge in [0.05, 0.1) is 15.7 Å². The van der Waals surface area contributed by atoms with Gasteiger partial charge in [-0.2, -0.15) is 0 Å². The summed E-state index contributed by atoms with van der Waals surface area (Å²) in [7, 11) is 0. The first-order valence-corrected chi connectivity index (χ1v) is 22.0. The summed E-state index contributed by atoms with van der Waals surface area (Å²) in [6.45, 7) is 0. The van der Waals surface area contributed by atoms with Crippen molar-refractivity contribution in [3.63, 3.8) is 0 Å². The highest BCUT2D eigenvalue weighted by Crippen LogP contribution is 2.45. The minimum Gasteiger partial charge on any atom is -0.244 e. The molecule has 1 nitrogen and oxygen atoms in total. The average Bonchev–Trinajstić information content (AvgIpc) is 3.81. The van der Waals surface area contributed by atoms with Gasteiger partial charge in [0.2, 0.25) is 0 Å². The second-order valence-electron chi connectivity index (χ2n) is 16.9. The van der Waals surface area contributed by atoms with Crippen LogP contribution in [0.1, 0.15) is 0 Å². The van der Waals surface area contributed by atoms with E-state index in [4.69, 9.17) is 4.98 Å². The van der Waals surface area contributed by atoms with Crippen LogP contribution >= 0.6 is 11.3 Å². The third-order valence-electron chi connectivity index (χ3n) is 14.1. The molecule has 61 heavy (non-hydrogen) atoms. The fourth-order valence-corrected chi connectivity index (χ4v) is 12.1. The van der Waals surface area contributed by atoms with Crippen LogP contribution in [0.4, 0.5) is 0 Å². The van der Waals surface area contributed by atoms with Crippen LogP contribution < -0.4 is 0 Å². The molecule has 0 saturated heterocycles. The number of thiazole rings is 1. The van der Waals surface area contributed by atoms with Gasteiger partial charge in [0, 0.05) is 5.39 Å². The second-order valence-corrected chi connectivity index (χ2v) is 17.8. The molecule has 1 aromatic heterocycles. The molecule has 14 aromatic carbocycles. The number of hydrogen-bond donors (Lipinski definition) is 0. The molecular formula is C59H31NS. The van der Waals surface area contributed by atoms with E-state index < -0.39 is 0 Å². The lowest BCUT2D eigenvalue weighted by atomic mass is 9.87. The van der Waals surface area contributed by atoms with Gasteiger partial charge in [-0.3, -0.25) is 0 Å². The number of fused-ring (bicyclic) bond motifs is 27.